The maximum atomic E-state index is 13.7. The molecule has 10 heteroatoms. The number of anilines is 3. The Morgan fingerprint density at radius 3 is 2.57 bits per heavy atom. The standard InChI is InChI=1S/C20H25F2N5O3/c1-11-7-18(27-19(24-11)20(3,21)22)26-15-9-17(25-12(2)28)23-10-16(15)30-14-6-5-13(8-14)29-4/h7,9-10,13-14H,5-6,8H2,1-4H3,(H2,23,24,25,26,27,28). The lowest BCUT2D eigenvalue weighted by Gasteiger charge is -2.19. The summed E-state index contributed by atoms with van der Waals surface area (Å²) >= 11 is 0. The summed E-state index contributed by atoms with van der Waals surface area (Å²) in [6.07, 6.45) is 4.01. The summed E-state index contributed by atoms with van der Waals surface area (Å²) in [5.41, 5.74) is 0.833. The van der Waals surface area contributed by atoms with Crippen LogP contribution in [0, 0.1) is 6.92 Å². The van der Waals surface area contributed by atoms with Crippen molar-refractivity contribution < 1.29 is 23.0 Å². The molecule has 2 unspecified atom stereocenters. The number of ether oxygens (including phenoxy) is 2. The number of pyridine rings is 1. The van der Waals surface area contributed by atoms with Crippen molar-refractivity contribution in [3.05, 3.63) is 29.8 Å². The monoisotopic (exact) mass is 421 g/mol. The number of methoxy groups -OCH3 is 1. The van der Waals surface area contributed by atoms with Crippen LogP contribution in [-0.2, 0) is 15.5 Å². The predicted molar refractivity (Wildman–Crippen MR) is 107 cm³/mol. The minimum atomic E-state index is -3.18. The van der Waals surface area contributed by atoms with E-state index in [0.29, 0.717) is 22.9 Å². The van der Waals surface area contributed by atoms with Crippen LogP contribution in [-0.4, -0.2) is 40.2 Å². The Morgan fingerprint density at radius 1 is 1.20 bits per heavy atom. The van der Waals surface area contributed by atoms with Crippen LogP contribution in [0.3, 0.4) is 0 Å². The van der Waals surface area contributed by atoms with Crippen LogP contribution in [0.25, 0.3) is 0 Å². The van der Waals surface area contributed by atoms with Crippen LogP contribution in [0.2, 0.25) is 0 Å². The van der Waals surface area contributed by atoms with Gasteiger partial charge in [-0.1, -0.05) is 0 Å². The number of carbonyl (C=O) groups is 1. The van der Waals surface area contributed by atoms with Crippen molar-refractivity contribution in [1.29, 1.82) is 0 Å². The molecule has 162 valence electrons. The number of nitrogens with zero attached hydrogens (tertiary/aromatic N) is 3. The molecule has 1 fully saturated rings. The first-order valence-corrected chi connectivity index (χ1v) is 9.62. The highest BCUT2D eigenvalue weighted by atomic mass is 19.3. The molecule has 2 N–H and O–H groups in total. The summed E-state index contributed by atoms with van der Waals surface area (Å²) in [7, 11) is 1.67. The van der Waals surface area contributed by atoms with Crippen molar-refractivity contribution in [2.75, 3.05) is 17.7 Å². The predicted octanol–water partition coefficient (Wildman–Crippen LogP) is 3.94. The van der Waals surface area contributed by atoms with Crippen LogP contribution < -0.4 is 15.4 Å². The maximum Gasteiger partial charge on any atom is 0.303 e. The van der Waals surface area contributed by atoms with Gasteiger partial charge in [-0.25, -0.2) is 15.0 Å². The highest BCUT2D eigenvalue weighted by Crippen LogP contribution is 2.34. The van der Waals surface area contributed by atoms with Gasteiger partial charge in [0, 0.05) is 45.2 Å². The van der Waals surface area contributed by atoms with Crippen LogP contribution in [0.15, 0.2) is 18.3 Å². The van der Waals surface area contributed by atoms with Gasteiger partial charge in [-0.15, -0.1) is 0 Å². The SMILES string of the molecule is COC1CCC(Oc2cnc(NC(C)=O)cc2Nc2cc(C)nc(C(C)(F)F)n2)C1. The van der Waals surface area contributed by atoms with E-state index in [1.165, 1.54) is 13.1 Å². The number of alkyl halides is 2. The van der Waals surface area contributed by atoms with Crippen molar-refractivity contribution in [1.82, 2.24) is 15.0 Å². The van der Waals surface area contributed by atoms with Crippen LogP contribution in [0.4, 0.5) is 26.1 Å². The third-order valence-electron chi connectivity index (χ3n) is 4.64. The Labute approximate surface area is 173 Å². The maximum absolute atomic E-state index is 13.7. The van der Waals surface area contributed by atoms with Crippen molar-refractivity contribution >= 4 is 23.2 Å². The molecule has 1 amide bonds. The number of aryl methyl sites for hydroxylation is 1. The molecule has 0 radical (unpaired) electrons. The largest absolute Gasteiger partial charge is 0.487 e. The molecule has 8 nitrogen and oxygen atoms in total. The number of hydrogen-bond acceptors (Lipinski definition) is 7. The van der Waals surface area contributed by atoms with E-state index in [-0.39, 0.29) is 23.9 Å². The smallest absolute Gasteiger partial charge is 0.303 e. The molecule has 0 spiro atoms. The van der Waals surface area contributed by atoms with Gasteiger partial charge < -0.3 is 20.1 Å². The molecule has 1 aliphatic carbocycles. The third kappa shape index (κ3) is 5.59. The molecule has 0 saturated heterocycles. The second-order valence-corrected chi connectivity index (χ2v) is 7.39. The van der Waals surface area contributed by atoms with Crippen LogP contribution >= 0.6 is 0 Å². The number of hydrogen-bond donors (Lipinski definition) is 2. The van der Waals surface area contributed by atoms with Crippen LogP contribution in [0.5, 0.6) is 5.75 Å². The molecule has 0 bridgehead atoms. The molecular formula is C20H25F2N5O3. The molecule has 2 heterocycles. The first kappa shape index (κ1) is 21.8. The Morgan fingerprint density at radius 2 is 1.93 bits per heavy atom. The fourth-order valence-corrected chi connectivity index (χ4v) is 3.25. The Bertz CT molecular complexity index is 920. The van der Waals surface area contributed by atoms with Gasteiger partial charge in [0.25, 0.3) is 0 Å². The van der Waals surface area contributed by atoms with Gasteiger partial charge >= 0.3 is 5.92 Å². The number of carbonyl (C=O) groups excluding carboxylic acids is 1. The second-order valence-electron chi connectivity index (χ2n) is 7.39. The Kier molecular flexibility index (Phi) is 6.45. The lowest BCUT2D eigenvalue weighted by molar-refractivity contribution is -0.114. The number of amides is 1. The molecule has 1 aliphatic rings. The van der Waals surface area contributed by atoms with E-state index in [1.54, 1.807) is 26.2 Å². The van der Waals surface area contributed by atoms with Gasteiger partial charge in [0.15, 0.2) is 5.75 Å². The highest BCUT2D eigenvalue weighted by Gasteiger charge is 2.29. The minimum Gasteiger partial charge on any atom is -0.487 e. The molecule has 2 aromatic heterocycles. The van der Waals surface area contributed by atoms with E-state index in [4.69, 9.17) is 9.47 Å². The zero-order valence-corrected chi connectivity index (χ0v) is 17.3. The minimum absolute atomic E-state index is 0.0633. The summed E-state index contributed by atoms with van der Waals surface area (Å²) in [5.74, 6) is -3.14. The fraction of sp³-hybridized carbons (Fsp3) is 0.500. The molecule has 2 atom stereocenters. The van der Waals surface area contributed by atoms with Crippen molar-refractivity contribution in [3.63, 3.8) is 0 Å². The normalized spacial score (nSPS) is 18.9. The first-order valence-electron chi connectivity index (χ1n) is 9.62. The summed E-state index contributed by atoms with van der Waals surface area (Å²) in [4.78, 5) is 23.3. The number of rotatable bonds is 7. The van der Waals surface area contributed by atoms with Crippen molar-refractivity contribution in [3.8, 4) is 5.75 Å². The molecule has 0 aliphatic heterocycles. The number of halogens is 2. The summed E-state index contributed by atoms with van der Waals surface area (Å²) in [5, 5.41) is 5.60. The van der Waals surface area contributed by atoms with Gasteiger partial charge in [-0.3, -0.25) is 4.79 Å². The van der Waals surface area contributed by atoms with Gasteiger partial charge in [0.05, 0.1) is 18.0 Å². The second kappa shape index (κ2) is 8.86. The van der Waals surface area contributed by atoms with E-state index in [1.807, 2.05) is 0 Å². The van der Waals surface area contributed by atoms with Gasteiger partial charge in [-0.2, -0.15) is 8.78 Å². The lowest BCUT2D eigenvalue weighted by atomic mass is 10.3. The van der Waals surface area contributed by atoms with Gasteiger partial charge in [-0.05, 0) is 19.8 Å². The van der Waals surface area contributed by atoms with Crippen LogP contribution in [0.1, 0.15) is 44.6 Å². The summed E-state index contributed by atoms with van der Waals surface area (Å²) in [6.45, 7) is 3.72. The topological polar surface area (TPSA) is 98.3 Å². The molecule has 3 rings (SSSR count). The third-order valence-corrected chi connectivity index (χ3v) is 4.64. The zero-order valence-electron chi connectivity index (χ0n) is 17.3. The quantitative estimate of drug-likeness (QED) is 0.699. The van der Waals surface area contributed by atoms with E-state index >= 15 is 0 Å². The average molecular weight is 421 g/mol. The first-order chi connectivity index (χ1) is 14.1. The molecule has 1 saturated carbocycles. The highest BCUT2D eigenvalue weighted by molar-refractivity contribution is 5.88. The van der Waals surface area contributed by atoms with Crippen molar-refractivity contribution in [2.45, 2.75) is 58.2 Å². The lowest BCUT2D eigenvalue weighted by Crippen LogP contribution is -2.17. The van der Waals surface area contributed by atoms with Gasteiger partial charge in [0.2, 0.25) is 11.7 Å². The Hall–Kier alpha value is -2.88. The van der Waals surface area contributed by atoms with Gasteiger partial charge in [0.1, 0.15) is 17.7 Å². The van der Waals surface area contributed by atoms with E-state index < -0.39 is 11.7 Å². The average Bonchev–Trinajstić information content (AvgIpc) is 3.10. The van der Waals surface area contributed by atoms with E-state index in [0.717, 1.165) is 26.2 Å². The fourth-order valence-electron chi connectivity index (χ4n) is 3.25. The molecule has 30 heavy (non-hydrogen) atoms. The number of nitrogens with one attached hydrogen (secondary N) is 2. The number of aromatic nitrogens is 3. The summed E-state index contributed by atoms with van der Waals surface area (Å²) in [6, 6.07) is 3.12. The Balaban J connectivity index is 1.91. The van der Waals surface area contributed by atoms with E-state index in [9.17, 15) is 13.6 Å². The molecule has 0 aromatic carbocycles. The summed E-state index contributed by atoms with van der Waals surface area (Å²) < 4.78 is 38.9. The zero-order chi connectivity index (χ0) is 21.9. The molecule has 2 aromatic rings. The van der Waals surface area contributed by atoms with E-state index in [2.05, 4.69) is 25.6 Å². The van der Waals surface area contributed by atoms with Crippen molar-refractivity contribution in [2.24, 2.45) is 0 Å². The molecular weight excluding hydrogens is 396 g/mol.